The first-order valence-corrected chi connectivity index (χ1v) is 6.46. The summed E-state index contributed by atoms with van der Waals surface area (Å²) in [5, 5.41) is 3.48. The third-order valence-corrected chi connectivity index (χ3v) is 3.38. The molecule has 0 aromatic heterocycles. The molecule has 0 aliphatic carbocycles. The largest absolute Gasteiger partial charge is 0.346 e. The first-order valence-electron chi connectivity index (χ1n) is 5.38. The number of hydrogen-bond acceptors (Lipinski definition) is 4. The molecule has 2 unspecified atom stereocenters. The van der Waals surface area contributed by atoms with Crippen molar-refractivity contribution < 1.29 is 9.53 Å². The molecule has 7 heteroatoms. The van der Waals surface area contributed by atoms with Crippen LogP contribution in [-0.4, -0.2) is 31.7 Å². The molecule has 0 radical (unpaired) electrons. The maximum absolute atomic E-state index is 11.0. The van der Waals surface area contributed by atoms with Crippen LogP contribution < -0.4 is 4.90 Å². The number of carbonyl (C=O) groups is 1. The second kappa shape index (κ2) is 6.03. The van der Waals surface area contributed by atoms with Gasteiger partial charge in [0.2, 0.25) is 0 Å². The van der Waals surface area contributed by atoms with E-state index in [1.165, 1.54) is 0 Å². The average molecular weight is 358 g/mol. The van der Waals surface area contributed by atoms with Crippen LogP contribution in [0.2, 0.25) is 0 Å². The fourth-order valence-electron chi connectivity index (χ4n) is 1.86. The second-order valence-electron chi connectivity index (χ2n) is 3.83. The van der Waals surface area contributed by atoms with Crippen LogP contribution in [0.1, 0.15) is 0 Å². The Hall–Kier alpha value is -1.31. The number of benzene rings is 1. The summed E-state index contributed by atoms with van der Waals surface area (Å²) in [7, 11) is 0. The fraction of sp³-hybridized carbons (Fsp3) is 0.364. The molecule has 18 heavy (non-hydrogen) atoms. The molecule has 1 saturated heterocycles. The van der Waals surface area contributed by atoms with Crippen molar-refractivity contribution in [3.8, 4) is 0 Å². The first-order chi connectivity index (χ1) is 8.74. The highest BCUT2D eigenvalue weighted by atomic mass is 127. The third kappa shape index (κ3) is 2.92. The number of rotatable bonds is 4. The molecule has 0 bridgehead atoms. The predicted octanol–water partition coefficient (Wildman–Crippen LogP) is 2.33. The van der Waals surface area contributed by atoms with E-state index in [0.717, 1.165) is 15.5 Å². The minimum Gasteiger partial charge on any atom is -0.346 e. The van der Waals surface area contributed by atoms with E-state index in [2.05, 4.69) is 32.6 Å². The van der Waals surface area contributed by atoms with Gasteiger partial charge in [0.05, 0.1) is 12.6 Å². The van der Waals surface area contributed by atoms with E-state index in [1.807, 2.05) is 29.2 Å². The van der Waals surface area contributed by atoms with Gasteiger partial charge < -0.3 is 9.64 Å². The monoisotopic (exact) mass is 358 g/mol. The van der Waals surface area contributed by atoms with Crippen LogP contribution >= 0.6 is 22.6 Å². The number of carbonyl (C=O) groups excluding carboxylic acids is 1. The molecule has 6 nitrogen and oxygen atoms in total. The number of azide groups is 1. The molecule has 1 aliphatic heterocycles. The minimum atomic E-state index is -0.607. The quantitative estimate of drug-likeness (QED) is 0.273. The Balaban J connectivity index is 2.13. The van der Waals surface area contributed by atoms with Crippen molar-refractivity contribution in [1.29, 1.82) is 0 Å². The number of hydrogen-bond donors (Lipinski definition) is 0. The molecule has 0 amide bonds. The van der Waals surface area contributed by atoms with Gasteiger partial charge in [0.1, 0.15) is 0 Å². The summed E-state index contributed by atoms with van der Waals surface area (Å²) in [5.41, 5.74) is 9.21. The van der Waals surface area contributed by atoms with Crippen molar-refractivity contribution in [3.63, 3.8) is 0 Å². The molecule has 1 aliphatic rings. The summed E-state index contributed by atoms with van der Waals surface area (Å²) < 4.78 is 6.63. The Bertz CT molecular complexity index is 472. The van der Waals surface area contributed by atoms with Crippen LogP contribution in [0.25, 0.3) is 10.4 Å². The standard InChI is InChI=1S/C11H11IN4O2/c12-8-1-3-9(4-2-8)16-6-10(5-14-15-13)18-11(16)7-17/h1-4,7,10-11H,5-6H2. The van der Waals surface area contributed by atoms with Gasteiger partial charge in [0.15, 0.2) is 12.5 Å². The van der Waals surface area contributed by atoms with E-state index in [4.69, 9.17) is 10.3 Å². The Labute approximate surface area is 118 Å². The normalized spacial score (nSPS) is 22.6. The van der Waals surface area contributed by atoms with Crippen LogP contribution in [0, 0.1) is 3.57 Å². The lowest BCUT2D eigenvalue weighted by Gasteiger charge is -2.20. The summed E-state index contributed by atoms with van der Waals surface area (Å²) >= 11 is 2.22. The van der Waals surface area contributed by atoms with Crippen molar-refractivity contribution >= 4 is 34.6 Å². The lowest BCUT2D eigenvalue weighted by molar-refractivity contribution is -0.117. The van der Waals surface area contributed by atoms with Gasteiger partial charge >= 0.3 is 0 Å². The molecule has 1 fully saturated rings. The molecule has 94 valence electrons. The van der Waals surface area contributed by atoms with Gasteiger partial charge in [-0.1, -0.05) is 5.11 Å². The Morgan fingerprint density at radius 3 is 2.89 bits per heavy atom. The summed E-state index contributed by atoms with van der Waals surface area (Å²) in [6.07, 6.45) is -0.0898. The smallest absolute Gasteiger partial charge is 0.187 e. The molecule has 0 N–H and O–H groups in total. The number of halogens is 1. The molecule has 1 aromatic rings. The van der Waals surface area contributed by atoms with E-state index < -0.39 is 6.23 Å². The van der Waals surface area contributed by atoms with E-state index in [-0.39, 0.29) is 12.6 Å². The highest BCUT2D eigenvalue weighted by Gasteiger charge is 2.32. The molecule has 2 atom stereocenters. The third-order valence-electron chi connectivity index (χ3n) is 2.66. The zero-order valence-electron chi connectivity index (χ0n) is 9.44. The van der Waals surface area contributed by atoms with Crippen molar-refractivity contribution in [3.05, 3.63) is 38.3 Å². The van der Waals surface area contributed by atoms with Crippen molar-refractivity contribution in [2.45, 2.75) is 12.3 Å². The number of aldehydes is 1. The lowest BCUT2D eigenvalue weighted by Crippen LogP contribution is -2.31. The zero-order valence-corrected chi connectivity index (χ0v) is 11.6. The maximum atomic E-state index is 11.0. The summed E-state index contributed by atoms with van der Waals surface area (Å²) in [4.78, 5) is 15.6. The lowest BCUT2D eigenvalue weighted by atomic mass is 10.2. The average Bonchev–Trinajstić information content (AvgIpc) is 2.80. The highest BCUT2D eigenvalue weighted by molar-refractivity contribution is 14.1. The van der Waals surface area contributed by atoms with Crippen LogP contribution in [0.5, 0.6) is 0 Å². The fourth-order valence-corrected chi connectivity index (χ4v) is 2.22. The van der Waals surface area contributed by atoms with E-state index in [9.17, 15) is 4.79 Å². The van der Waals surface area contributed by atoms with Gasteiger partial charge in [0.25, 0.3) is 0 Å². The first kappa shape index (κ1) is 13.1. The summed E-state index contributed by atoms with van der Waals surface area (Å²) in [6.45, 7) is 0.782. The van der Waals surface area contributed by atoms with Crippen molar-refractivity contribution in [2.24, 2.45) is 5.11 Å². The van der Waals surface area contributed by atoms with Crippen LogP contribution in [0.15, 0.2) is 29.4 Å². The SMILES string of the molecule is [N-]=[N+]=NCC1CN(c2ccc(I)cc2)C(C=O)O1. The van der Waals surface area contributed by atoms with E-state index >= 15 is 0 Å². The Kier molecular flexibility index (Phi) is 4.40. The molecular weight excluding hydrogens is 347 g/mol. The second-order valence-corrected chi connectivity index (χ2v) is 5.07. The topological polar surface area (TPSA) is 78.3 Å². The van der Waals surface area contributed by atoms with E-state index in [1.54, 1.807) is 0 Å². The van der Waals surface area contributed by atoms with Gasteiger partial charge in [-0.3, -0.25) is 4.79 Å². The van der Waals surface area contributed by atoms with Crippen molar-refractivity contribution in [2.75, 3.05) is 18.0 Å². The van der Waals surface area contributed by atoms with Gasteiger partial charge in [0, 0.05) is 20.7 Å². The van der Waals surface area contributed by atoms with E-state index in [0.29, 0.717) is 6.54 Å². The molecule has 1 heterocycles. The number of nitrogens with zero attached hydrogens (tertiary/aromatic N) is 4. The summed E-state index contributed by atoms with van der Waals surface area (Å²) in [6, 6.07) is 7.83. The minimum absolute atomic E-state index is 0.238. The Morgan fingerprint density at radius 1 is 1.56 bits per heavy atom. The molecule has 0 spiro atoms. The molecule has 0 saturated carbocycles. The highest BCUT2D eigenvalue weighted by Crippen LogP contribution is 2.24. The van der Waals surface area contributed by atoms with Gasteiger partial charge in [-0.05, 0) is 52.4 Å². The number of anilines is 1. The van der Waals surface area contributed by atoms with Gasteiger partial charge in [-0.25, -0.2) is 0 Å². The van der Waals surface area contributed by atoms with Crippen LogP contribution in [-0.2, 0) is 9.53 Å². The summed E-state index contributed by atoms with van der Waals surface area (Å²) in [5.74, 6) is 0. The van der Waals surface area contributed by atoms with Gasteiger partial charge in [-0.2, -0.15) is 0 Å². The molecular formula is C11H11IN4O2. The maximum Gasteiger partial charge on any atom is 0.187 e. The number of ether oxygens (including phenoxy) is 1. The molecule has 2 rings (SSSR count). The van der Waals surface area contributed by atoms with Crippen LogP contribution in [0.4, 0.5) is 5.69 Å². The predicted molar refractivity (Wildman–Crippen MR) is 75.2 cm³/mol. The molecule has 1 aromatic carbocycles. The zero-order chi connectivity index (χ0) is 13.0. The van der Waals surface area contributed by atoms with Gasteiger partial charge in [-0.15, -0.1) is 0 Å². The Morgan fingerprint density at radius 2 is 2.28 bits per heavy atom. The van der Waals surface area contributed by atoms with Crippen molar-refractivity contribution in [1.82, 2.24) is 0 Å². The van der Waals surface area contributed by atoms with Crippen LogP contribution in [0.3, 0.4) is 0 Å².